The molecule has 1 N–H and O–H groups in total. The summed E-state index contributed by atoms with van der Waals surface area (Å²) in [7, 11) is -2.76. The zero-order valence-electron chi connectivity index (χ0n) is 8.36. The molecule has 4 nitrogen and oxygen atoms in total. The van der Waals surface area contributed by atoms with E-state index in [-0.39, 0.29) is 11.8 Å². The van der Waals surface area contributed by atoms with Gasteiger partial charge in [-0.25, -0.2) is 8.42 Å². The van der Waals surface area contributed by atoms with Gasteiger partial charge in [0.25, 0.3) is 0 Å². The molecule has 1 saturated heterocycles. The smallest absolute Gasteiger partial charge is 0.150 e. The number of hydrogen-bond donors (Lipinski definition) is 1. The van der Waals surface area contributed by atoms with Crippen LogP contribution in [0.15, 0.2) is 0 Å². The summed E-state index contributed by atoms with van der Waals surface area (Å²) in [6.07, 6.45) is 0.760. The van der Waals surface area contributed by atoms with Gasteiger partial charge in [0.2, 0.25) is 0 Å². The van der Waals surface area contributed by atoms with Gasteiger partial charge in [0.15, 0.2) is 9.84 Å². The van der Waals surface area contributed by atoms with Crippen LogP contribution in [0.3, 0.4) is 0 Å². The highest BCUT2D eigenvalue weighted by Gasteiger charge is 2.27. The van der Waals surface area contributed by atoms with Gasteiger partial charge >= 0.3 is 0 Å². The SMILES string of the molecule is CC(C#N)CNCC1CCS(=O)(=O)C1. The van der Waals surface area contributed by atoms with Crippen molar-refractivity contribution in [1.82, 2.24) is 5.32 Å². The van der Waals surface area contributed by atoms with E-state index in [1.807, 2.05) is 6.92 Å². The van der Waals surface area contributed by atoms with Crippen LogP contribution in [0, 0.1) is 23.2 Å². The molecule has 0 aliphatic carbocycles. The van der Waals surface area contributed by atoms with Crippen LogP contribution in [0.5, 0.6) is 0 Å². The standard InChI is InChI=1S/C9H16N2O2S/c1-8(4-10)5-11-6-9-2-3-14(12,13)7-9/h8-9,11H,2-3,5-7H2,1H3. The quantitative estimate of drug-likeness (QED) is 0.727. The maximum absolute atomic E-state index is 11.1. The molecule has 1 rings (SSSR count). The Kier molecular flexibility index (Phi) is 3.90. The number of rotatable bonds is 4. The molecule has 0 aromatic carbocycles. The minimum absolute atomic E-state index is 0.00647. The molecule has 2 atom stereocenters. The molecule has 0 amide bonds. The molecule has 80 valence electrons. The maximum Gasteiger partial charge on any atom is 0.150 e. The van der Waals surface area contributed by atoms with E-state index in [2.05, 4.69) is 11.4 Å². The average Bonchev–Trinajstić information content (AvgIpc) is 2.45. The average molecular weight is 216 g/mol. The number of nitriles is 1. The van der Waals surface area contributed by atoms with E-state index in [1.54, 1.807) is 0 Å². The highest BCUT2D eigenvalue weighted by molar-refractivity contribution is 7.91. The van der Waals surface area contributed by atoms with Gasteiger partial charge in [-0.1, -0.05) is 0 Å². The largest absolute Gasteiger partial charge is 0.315 e. The van der Waals surface area contributed by atoms with Crippen LogP contribution in [0.25, 0.3) is 0 Å². The first-order chi connectivity index (χ1) is 6.53. The van der Waals surface area contributed by atoms with Gasteiger partial charge < -0.3 is 5.32 Å². The van der Waals surface area contributed by atoms with Gasteiger partial charge in [0.05, 0.1) is 23.5 Å². The van der Waals surface area contributed by atoms with Gasteiger partial charge in [0, 0.05) is 6.54 Å². The fraction of sp³-hybridized carbons (Fsp3) is 0.889. The fourth-order valence-electron chi connectivity index (χ4n) is 1.58. The predicted molar refractivity (Wildman–Crippen MR) is 54.4 cm³/mol. The number of hydrogen-bond acceptors (Lipinski definition) is 4. The van der Waals surface area contributed by atoms with Gasteiger partial charge in [-0.15, -0.1) is 0 Å². The van der Waals surface area contributed by atoms with E-state index in [0.717, 1.165) is 6.42 Å². The van der Waals surface area contributed by atoms with Crippen molar-refractivity contribution in [3.05, 3.63) is 0 Å². The number of nitrogens with zero attached hydrogens (tertiary/aromatic N) is 1. The van der Waals surface area contributed by atoms with Gasteiger partial charge in [-0.2, -0.15) is 5.26 Å². The van der Waals surface area contributed by atoms with Gasteiger partial charge in [0.1, 0.15) is 0 Å². The maximum atomic E-state index is 11.1. The van der Waals surface area contributed by atoms with Crippen molar-refractivity contribution < 1.29 is 8.42 Å². The molecular weight excluding hydrogens is 200 g/mol. The summed E-state index contributed by atoms with van der Waals surface area (Å²) in [6, 6.07) is 2.13. The van der Waals surface area contributed by atoms with E-state index >= 15 is 0 Å². The summed E-state index contributed by atoms with van der Waals surface area (Å²) in [4.78, 5) is 0. The lowest BCUT2D eigenvalue weighted by molar-refractivity contribution is 0.499. The van der Waals surface area contributed by atoms with Crippen LogP contribution in [0.2, 0.25) is 0 Å². The Labute approximate surface area is 85.2 Å². The first kappa shape index (κ1) is 11.5. The molecule has 0 aromatic heterocycles. The summed E-state index contributed by atoms with van der Waals surface area (Å²) >= 11 is 0. The zero-order valence-corrected chi connectivity index (χ0v) is 9.18. The van der Waals surface area contributed by atoms with Crippen molar-refractivity contribution in [1.29, 1.82) is 5.26 Å². The van der Waals surface area contributed by atoms with Crippen LogP contribution in [-0.2, 0) is 9.84 Å². The van der Waals surface area contributed by atoms with Crippen LogP contribution >= 0.6 is 0 Å². The molecule has 14 heavy (non-hydrogen) atoms. The lowest BCUT2D eigenvalue weighted by Crippen LogP contribution is -2.27. The lowest BCUT2D eigenvalue weighted by atomic mass is 10.1. The van der Waals surface area contributed by atoms with Crippen LogP contribution in [0.1, 0.15) is 13.3 Å². The van der Waals surface area contributed by atoms with E-state index < -0.39 is 9.84 Å². The van der Waals surface area contributed by atoms with Gasteiger partial charge in [-0.3, -0.25) is 0 Å². The zero-order chi connectivity index (χ0) is 10.6. The fourth-order valence-corrected chi connectivity index (χ4v) is 3.44. The summed E-state index contributed by atoms with van der Waals surface area (Å²) in [5, 5.41) is 11.7. The molecule has 0 aromatic rings. The Morgan fingerprint density at radius 2 is 2.36 bits per heavy atom. The molecular formula is C9H16N2O2S. The lowest BCUT2D eigenvalue weighted by Gasteiger charge is -2.09. The minimum atomic E-state index is -2.76. The normalized spacial score (nSPS) is 27.0. The summed E-state index contributed by atoms with van der Waals surface area (Å²) in [6.45, 7) is 3.21. The third-order valence-electron chi connectivity index (χ3n) is 2.43. The summed E-state index contributed by atoms with van der Waals surface area (Å²) < 4.78 is 22.2. The summed E-state index contributed by atoms with van der Waals surface area (Å²) in [5.74, 6) is 0.868. The first-order valence-corrected chi connectivity index (χ1v) is 6.66. The number of sulfone groups is 1. The van der Waals surface area contributed by atoms with E-state index in [9.17, 15) is 8.42 Å². The van der Waals surface area contributed by atoms with Crippen molar-refractivity contribution in [2.75, 3.05) is 24.6 Å². The second-order valence-electron chi connectivity index (χ2n) is 3.96. The third kappa shape index (κ3) is 3.64. The van der Waals surface area contributed by atoms with E-state index in [4.69, 9.17) is 5.26 Å². The van der Waals surface area contributed by atoms with E-state index in [1.165, 1.54) is 0 Å². The molecule has 2 unspecified atom stereocenters. The molecule has 0 bridgehead atoms. The van der Waals surface area contributed by atoms with Crippen molar-refractivity contribution in [2.45, 2.75) is 13.3 Å². The van der Waals surface area contributed by atoms with Crippen molar-refractivity contribution >= 4 is 9.84 Å². The predicted octanol–water partition coefficient (Wildman–Crippen LogP) is 0.170. The topological polar surface area (TPSA) is 70.0 Å². The molecule has 1 aliphatic rings. The molecule has 0 radical (unpaired) electrons. The monoisotopic (exact) mass is 216 g/mol. The second kappa shape index (κ2) is 4.76. The highest BCUT2D eigenvalue weighted by atomic mass is 32.2. The Morgan fingerprint density at radius 3 is 2.86 bits per heavy atom. The van der Waals surface area contributed by atoms with Crippen molar-refractivity contribution in [3.8, 4) is 6.07 Å². The summed E-state index contributed by atoms with van der Waals surface area (Å²) in [5.41, 5.74) is 0. The highest BCUT2D eigenvalue weighted by Crippen LogP contribution is 2.17. The van der Waals surface area contributed by atoms with Crippen molar-refractivity contribution in [3.63, 3.8) is 0 Å². The molecule has 0 spiro atoms. The number of nitrogens with one attached hydrogen (secondary N) is 1. The van der Waals surface area contributed by atoms with Crippen molar-refractivity contribution in [2.24, 2.45) is 11.8 Å². The molecule has 5 heteroatoms. The third-order valence-corrected chi connectivity index (χ3v) is 4.27. The van der Waals surface area contributed by atoms with Gasteiger partial charge in [-0.05, 0) is 25.8 Å². The van der Waals surface area contributed by atoms with Crippen LogP contribution in [-0.4, -0.2) is 33.0 Å². The van der Waals surface area contributed by atoms with Crippen LogP contribution < -0.4 is 5.32 Å². The molecule has 0 saturated carbocycles. The molecule has 1 aliphatic heterocycles. The second-order valence-corrected chi connectivity index (χ2v) is 6.19. The van der Waals surface area contributed by atoms with Crippen LogP contribution in [0.4, 0.5) is 0 Å². The minimum Gasteiger partial charge on any atom is -0.315 e. The van der Waals surface area contributed by atoms with E-state index in [0.29, 0.717) is 24.6 Å². The Balaban J connectivity index is 2.19. The Bertz CT molecular complexity index is 318. The molecule has 1 heterocycles. The Morgan fingerprint density at radius 1 is 1.64 bits per heavy atom. The first-order valence-electron chi connectivity index (χ1n) is 4.84. The Hall–Kier alpha value is -0.600. The molecule has 1 fully saturated rings.